The number of aryl methyl sites for hydroxylation is 2. The van der Waals surface area contributed by atoms with Crippen molar-refractivity contribution in [3.63, 3.8) is 0 Å². The van der Waals surface area contributed by atoms with Gasteiger partial charge in [-0.25, -0.2) is 9.97 Å². The van der Waals surface area contributed by atoms with E-state index in [-0.39, 0.29) is 17.9 Å². The summed E-state index contributed by atoms with van der Waals surface area (Å²) in [5.41, 5.74) is 0. The lowest BCUT2D eigenvalue weighted by Gasteiger charge is -2.29. The molecule has 3 rings (SSSR count). The molecule has 0 saturated carbocycles. The Morgan fingerprint density at radius 1 is 1.05 bits per heavy atom. The molecule has 0 aliphatic carbocycles. The van der Waals surface area contributed by atoms with Gasteiger partial charge in [-0.1, -0.05) is 0 Å². The molecule has 6 heteroatoms. The summed E-state index contributed by atoms with van der Waals surface area (Å²) in [6, 6.07) is -0.0779. The molecule has 1 N–H and O–H groups in total. The molecule has 3 heterocycles. The molecule has 2 aromatic heterocycles. The predicted octanol–water partition coefficient (Wildman–Crippen LogP) is 0.888. The molecule has 0 spiro atoms. The van der Waals surface area contributed by atoms with Gasteiger partial charge in [0.1, 0.15) is 17.4 Å². The zero-order valence-electron chi connectivity index (χ0n) is 11.1. The first-order valence-corrected chi connectivity index (χ1v) is 6.37. The highest BCUT2D eigenvalue weighted by molar-refractivity contribution is 5.80. The van der Waals surface area contributed by atoms with Crippen LogP contribution < -0.4 is 5.32 Å². The minimum Gasteiger partial charge on any atom is -0.337 e. The van der Waals surface area contributed by atoms with E-state index in [1.807, 2.05) is 35.6 Å². The topological polar surface area (TPSA) is 64.7 Å². The van der Waals surface area contributed by atoms with Crippen molar-refractivity contribution in [2.75, 3.05) is 0 Å². The fraction of sp³-hybridized carbons (Fsp3) is 0.462. The van der Waals surface area contributed by atoms with Crippen LogP contribution in [-0.2, 0) is 18.9 Å². The molecule has 0 radical (unpaired) electrons. The summed E-state index contributed by atoms with van der Waals surface area (Å²) in [6.07, 6.45) is 8.28. The molecule has 1 aliphatic heterocycles. The SMILES string of the molecule is Cn1ccnc1[C@@H]1CC(=O)C[C@H](c2nccn2C)N1. The zero-order chi connectivity index (χ0) is 13.4. The number of Topliss-reactive ketones (excluding diaryl/α,β-unsaturated/α-hetero) is 1. The molecular weight excluding hydrogens is 242 g/mol. The molecule has 6 nitrogen and oxygen atoms in total. The molecule has 1 saturated heterocycles. The molecule has 1 aliphatic rings. The molecule has 2 aromatic rings. The number of carbonyl (C=O) groups is 1. The Morgan fingerprint density at radius 2 is 1.53 bits per heavy atom. The second-order valence-electron chi connectivity index (χ2n) is 5.01. The Bertz CT molecular complexity index is 549. The Hall–Kier alpha value is -1.95. The summed E-state index contributed by atoms with van der Waals surface area (Å²) >= 11 is 0. The highest BCUT2D eigenvalue weighted by Gasteiger charge is 2.32. The van der Waals surface area contributed by atoms with Crippen LogP contribution in [-0.4, -0.2) is 24.9 Å². The maximum atomic E-state index is 12.0. The van der Waals surface area contributed by atoms with Crippen LogP contribution in [0, 0.1) is 0 Å². The van der Waals surface area contributed by atoms with Crippen LogP contribution in [0.3, 0.4) is 0 Å². The number of nitrogens with one attached hydrogen (secondary N) is 1. The van der Waals surface area contributed by atoms with Crippen LogP contribution in [0.25, 0.3) is 0 Å². The van der Waals surface area contributed by atoms with Gasteiger partial charge in [0.15, 0.2) is 0 Å². The molecule has 0 unspecified atom stereocenters. The number of ketones is 1. The summed E-state index contributed by atoms with van der Waals surface area (Å²) in [5, 5.41) is 3.48. The van der Waals surface area contributed by atoms with E-state index in [1.165, 1.54) is 0 Å². The van der Waals surface area contributed by atoms with E-state index in [2.05, 4.69) is 15.3 Å². The van der Waals surface area contributed by atoms with E-state index in [1.54, 1.807) is 12.4 Å². The summed E-state index contributed by atoms with van der Waals surface area (Å²) in [7, 11) is 3.89. The Morgan fingerprint density at radius 3 is 1.89 bits per heavy atom. The molecule has 2 atom stereocenters. The molecule has 1 fully saturated rings. The van der Waals surface area contributed by atoms with Crippen molar-refractivity contribution in [3.8, 4) is 0 Å². The van der Waals surface area contributed by atoms with Gasteiger partial charge in [-0.2, -0.15) is 0 Å². The minimum absolute atomic E-state index is 0.0389. The van der Waals surface area contributed by atoms with Gasteiger partial charge in [0, 0.05) is 51.7 Å². The first kappa shape index (κ1) is 12.1. The largest absolute Gasteiger partial charge is 0.337 e. The lowest BCUT2D eigenvalue weighted by Crippen LogP contribution is -2.37. The quantitative estimate of drug-likeness (QED) is 0.870. The van der Waals surface area contributed by atoms with Gasteiger partial charge in [-0.3, -0.25) is 10.1 Å². The van der Waals surface area contributed by atoms with Gasteiger partial charge in [-0.05, 0) is 0 Å². The number of aromatic nitrogens is 4. The highest BCUT2D eigenvalue weighted by atomic mass is 16.1. The second-order valence-corrected chi connectivity index (χ2v) is 5.01. The van der Waals surface area contributed by atoms with Crippen molar-refractivity contribution in [2.24, 2.45) is 14.1 Å². The van der Waals surface area contributed by atoms with E-state index in [9.17, 15) is 4.79 Å². The molecule has 0 aromatic carbocycles. The first-order valence-electron chi connectivity index (χ1n) is 6.37. The molecule has 0 bridgehead atoms. The van der Waals surface area contributed by atoms with Crippen molar-refractivity contribution in [1.82, 2.24) is 24.4 Å². The molecule has 0 amide bonds. The molecule has 100 valence electrons. The van der Waals surface area contributed by atoms with Crippen molar-refractivity contribution in [2.45, 2.75) is 24.9 Å². The number of carbonyl (C=O) groups excluding carboxylic acids is 1. The standard InChI is InChI=1S/C13H17N5O/c1-17-5-3-14-12(17)10-7-9(19)8-11(16-10)13-15-4-6-18(13)2/h3-6,10-11,16H,7-8H2,1-2H3/t10-,11+. The average Bonchev–Trinajstić information content (AvgIpc) is 2.97. The van der Waals surface area contributed by atoms with Crippen molar-refractivity contribution in [1.29, 1.82) is 0 Å². The number of imidazole rings is 2. The van der Waals surface area contributed by atoms with Crippen molar-refractivity contribution >= 4 is 5.78 Å². The Labute approximate surface area is 111 Å². The van der Waals surface area contributed by atoms with Crippen LogP contribution in [0.1, 0.15) is 36.6 Å². The highest BCUT2D eigenvalue weighted by Crippen LogP contribution is 2.29. The zero-order valence-corrected chi connectivity index (χ0v) is 11.1. The number of hydrogen-bond donors (Lipinski definition) is 1. The number of piperidine rings is 1. The summed E-state index contributed by atoms with van der Waals surface area (Å²) in [6.45, 7) is 0. The maximum absolute atomic E-state index is 12.0. The van der Waals surface area contributed by atoms with Crippen LogP contribution in [0.4, 0.5) is 0 Å². The second kappa shape index (κ2) is 4.62. The Kier molecular flexibility index (Phi) is 2.94. The van der Waals surface area contributed by atoms with Crippen LogP contribution >= 0.6 is 0 Å². The number of rotatable bonds is 2. The lowest BCUT2D eigenvalue weighted by molar-refractivity contribution is -0.121. The third kappa shape index (κ3) is 2.19. The fourth-order valence-electron chi connectivity index (χ4n) is 2.66. The third-order valence-corrected chi connectivity index (χ3v) is 3.61. The number of nitrogens with zero attached hydrogens (tertiary/aromatic N) is 4. The van der Waals surface area contributed by atoms with Crippen LogP contribution in [0.2, 0.25) is 0 Å². The lowest BCUT2D eigenvalue weighted by atomic mass is 9.96. The summed E-state index contributed by atoms with van der Waals surface area (Å²) < 4.78 is 3.90. The van der Waals surface area contributed by atoms with Gasteiger partial charge in [-0.15, -0.1) is 0 Å². The third-order valence-electron chi connectivity index (χ3n) is 3.61. The maximum Gasteiger partial charge on any atom is 0.136 e. The molecular formula is C13H17N5O. The van der Waals surface area contributed by atoms with E-state index in [0.717, 1.165) is 11.6 Å². The first-order chi connectivity index (χ1) is 9.15. The van der Waals surface area contributed by atoms with Gasteiger partial charge in [0.05, 0.1) is 12.1 Å². The van der Waals surface area contributed by atoms with E-state index in [4.69, 9.17) is 0 Å². The van der Waals surface area contributed by atoms with Crippen molar-refractivity contribution < 1.29 is 4.79 Å². The van der Waals surface area contributed by atoms with Crippen LogP contribution in [0.15, 0.2) is 24.8 Å². The Balaban J connectivity index is 1.88. The number of hydrogen-bond acceptors (Lipinski definition) is 4. The smallest absolute Gasteiger partial charge is 0.136 e. The minimum atomic E-state index is -0.0389. The van der Waals surface area contributed by atoms with E-state index in [0.29, 0.717) is 12.8 Å². The van der Waals surface area contributed by atoms with E-state index < -0.39 is 0 Å². The fourth-order valence-corrected chi connectivity index (χ4v) is 2.66. The average molecular weight is 259 g/mol. The van der Waals surface area contributed by atoms with Gasteiger partial charge in [0.25, 0.3) is 0 Å². The summed E-state index contributed by atoms with van der Waals surface area (Å²) in [4.78, 5) is 20.6. The normalized spacial score (nSPS) is 23.8. The van der Waals surface area contributed by atoms with Gasteiger partial charge >= 0.3 is 0 Å². The van der Waals surface area contributed by atoms with Gasteiger partial charge in [0.2, 0.25) is 0 Å². The van der Waals surface area contributed by atoms with Crippen LogP contribution in [0.5, 0.6) is 0 Å². The predicted molar refractivity (Wildman–Crippen MR) is 69.3 cm³/mol. The summed E-state index contributed by atoms with van der Waals surface area (Å²) in [5.74, 6) is 2.04. The van der Waals surface area contributed by atoms with Gasteiger partial charge < -0.3 is 9.13 Å². The van der Waals surface area contributed by atoms with Crippen molar-refractivity contribution in [3.05, 3.63) is 36.4 Å². The van der Waals surface area contributed by atoms with E-state index >= 15 is 0 Å². The molecule has 19 heavy (non-hydrogen) atoms. The monoisotopic (exact) mass is 259 g/mol.